The van der Waals surface area contributed by atoms with Crippen LogP contribution in [0.1, 0.15) is 40.5 Å². The molecule has 0 atom stereocenters. The summed E-state index contributed by atoms with van der Waals surface area (Å²) in [6.07, 6.45) is 1.47. The van der Waals surface area contributed by atoms with Crippen molar-refractivity contribution in [1.29, 1.82) is 0 Å². The van der Waals surface area contributed by atoms with Gasteiger partial charge in [-0.3, -0.25) is 4.79 Å². The van der Waals surface area contributed by atoms with Crippen LogP contribution in [0, 0.1) is 11.7 Å². The minimum Gasteiger partial charge on any atom is -0.493 e. The third kappa shape index (κ3) is 9.73. The first-order valence-electron chi connectivity index (χ1n) is 9.27. The SMILES string of the molecule is CC(C)Nc1ccc(OCCCOCCCOCC(=O)C(C)C)cc1F. The fourth-order valence-corrected chi connectivity index (χ4v) is 2.07. The van der Waals surface area contributed by atoms with Crippen molar-refractivity contribution in [2.24, 2.45) is 5.92 Å². The van der Waals surface area contributed by atoms with E-state index in [-0.39, 0.29) is 30.2 Å². The summed E-state index contributed by atoms with van der Waals surface area (Å²) in [6.45, 7) is 9.96. The summed E-state index contributed by atoms with van der Waals surface area (Å²) < 4.78 is 30.2. The number of ketones is 1. The molecule has 0 spiro atoms. The van der Waals surface area contributed by atoms with Crippen LogP contribution in [0.2, 0.25) is 0 Å². The molecule has 0 heterocycles. The van der Waals surface area contributed by atoms with Crippen LogP contribution in [0.3, 0.4) is 0 Å². The van der Waals surface area contributed by atoms with E-state index >= 15 is 0 Å². The third-order valence-corrected chi connectivity index (χ3v) is 3.55. The number of carbonyl (C=O) groups excluding carboxylic acids is 1. The summed E-state index contributed by atoms with van der Waals surface area (Å²) in [7, 11) is 0. The van der Waals surface area contributed by atoms with Crippen LogP contribution in [-0.4, -0.2) is 44.9 Å². The Bertz CT molecular complexity index is 535. The van der Waals surface area contributed by atoms with Crippen LogP contribution >= 0.6 is 0 Å². The summed E-state index contributed by atoms with van der Waals surface area (Å²) in [4.78, 5) is 11.4. The van der Waals surface area contributed by atoms with Crippen molar-refractivity contribution in [3.05, 3.63) is 24.0 Å². The highest BCUT2D eigenvalue weighted by atomic mass is 19.1. The molecule has 0 radical (unpaired) electrons. The van der Waals surface area contributed by atoms with Gasteiger partial charge in [0.2, 0.25) is 0 Å². The molecule has 6 heteroatoms. The Morgan fingerprint density at radius 3 is 2.31 bits per heavy atom. The average molecular weight is 369 g/mol. The highest BCUT2D eigenvalue weighted by molar-refractivity contribution is 5.81. The highest BCUT2D eigenvalue weighted by Gasteiger charge is 2.07. The molecule has 148 valence electrons. The lowest BCUT2D eigenvalue weighted by atomic mass is 10.1. The second-order valence-electron chi connectivity index (χ2n) is 6.78. The number of halogens is 1. The Balaban J connectivity index is 2.04. The molecule has 0 aliphatic heterocycles. The molecule has 0 amide bonds. The minimum absolute atomic E-state index is 0.0161. The molecule has 0 aromatic heterocycles. The normalized spacial score (nSPS) is 11.2. The van der Waals surface area contributed by atoms with E-state index in [0.717, 1.165) is 12.8 Å². The summed E-state index contributed by atoms with van der Waals surface area (Å²) >= 11 is 0. The molecular formula is C20H32FNO4. The van der Waals surface area contributed by atoms with Gasteiger partial charge in [-0.1, -0.05) is 13.8 Å². The average Bonchev–Trinajstić information content (AvgIpc) is 2.58. The molecular weight excluding hydrogens is 337 g/mol. The number of nitrogens with one attached hydrogen (secondary N) is 1. The van der Waals surface area contributed by atoms with Crippen LogP contribution in [-0.2, 0) is 14.3 Å². The Morgan fingerprint density at radius 1 is 1.04 bits per heavy atom. The fraction of sp³-hybridized carbons (Fsp3) is 0.650. The maximum atomic E-state index is 13.9. The maximum Gasteiger partial charge on any atom is 0.160 e. The molecule has 0 saturated heterocycles. The molecule has 5 nitrogen and oxygen atoms in total. The number of carbonyl (C=O) groups is 1. The minimum atomic E-state index is -0.316. The first kappa shape index (κ1) is 22.4. The Hall–Kier alpha value is -1.66. The van der Waals surface area contributed by atoms with Crippen molar-refractivity contribution >= 4 is 11.5 Å². The predicted molar refractivity (Wildman–Crippen MR) is 101 cm³/mol. The third-order valence-electron chi connectivity index (χ3n) is 3.55. The lowest BCUT2D eigenvalue weighted by Crippen LogP contribution is -2.15. The van der Waals surface area contributed by atoms with Gasteiger partial charge in [-0.05, 0) is 32.4 Å². The molecule has 0 fully saturated rings. The van der Waals surface area contributed by atoms with Gasteiger partial charge in [0, 0.05) is 44.3 Å². The zero-order chi connectivity index (χ0) is 19.4. The van der Waals surface area contributed by atoms with Gasteiger partial charge in [-0.2, -0.15) is 0 Å². The molecule has 1 N–H and O–H groups in total. The lowest BCUT2D eigenvalue weighted by Gasteiger charge is -2.12. The number of benzene rings is 1. The van der Waals surface area contributed by atoms with E-state index in [4.69, 9.17) is 14.2 Å². The Labute approximate surface area is 156 Å². The largest absolute Gasteiger partial charge is 0.493 e. The van der Waals surface area contributed by atoms with Gasteiger partial charge in [0.15, 0.2) is 5.78 Å². The maximum absolute atomic E-state index is 13.9. The molecule has 0 bridgehead atoms. The summed E-state index contributed by atoms with van der Waals surface area (Å²) in [5.41, 5.74) is 0.480. The molecule has 1 aromatic carbocycles. The van der Waals surface area contributed by atoms with Crippen molar-refractivity contribution in [2.45, 2.75) is 46.6 Å². The van der Waals surface area contributed by atoms with E-state index in [1.807, 2.05) is 27.7 Å². The number of Topliss-reactive ketones (excluding diaryl/α,β-unsaturated/α-hetero) is 1. The van der Waals surface area contributed by atoms with E-state index < -0.39 is 0 Å². The van der Waals surface area contributed by atoms with E-state index in [1.54, 1.807) is 12.1 Å². The second-order valence-corrected chi connectivity index (χ2v) is 6.78. The molecule has 1 aromatic rings. The van der Waals surface area contributed by atoms with Crippen LogP contribution in [0.15, 0.2) is 18.2 Å². The predicted octanol–water partition coefficient (Wildman–Crippen LogP) is 4.06. The van der Waals surface area contributed by atoms with Crippen molar-refractivity contribution in [2.75, 3.05) is 38.4 Å². The van der Waals surface area contributed by atoms with Gasteiger partial charge in [-0.15, -0.1) is 0 Å². The molecule has 0 unspecified atom stereocenters. The van der Waals surface area contributed by atoms with E-state index in [2.05, 4.69) is 5.32 Å². The molecule has 1 rings (SSSR count). The number of hydrogen-bond acceptors (Lipinski definition) is 5. The Morgan fingerprint density at radius 2 is 1.69 bits per heavy atom. The molecule has 0 aliphatic carbocycles. The first-order valence-corrected chi connectivity index (χ1v) is 9.27. The Kier molecular flexibility index (Phi) is 10.9. The van der Waals surface area contributed by atoms with Crippen LogP contribution in [0.4, 0.5) is 10.1 Å². The highest BCUT2D eigenvalue weighted by Crippen LogP contribution is 2.21. The van der Waals surface area contributed by atoms with Crippen molar-refractivity contribution in [1.82, 2.24) is 0 Å². The number of rotatable bonds is 14. The van der Waals surface area contributed by atoms with Gasteiger partial charge >= 0.3 is 0 Å². The van der Waals surface area contributed by atoms with Crippen LogP contribution < -0.4 is 10.1 Å². The first-order chi connectivity index (χ1) is 12.4. The molecule has 0 saturated carbocycles. The van der Waals surface area contributed by atoms with Crippen LogP contribution in [0.25, 0.3) is 0 Å². The van der Waals surface area contributed by atoms with E-state index in [0.29, 0.717) is 37.9 Å². The summed E-state index contributed by atoms with van der Waals surface area (Å²) in [6, 6.07) is 5.01. The van der Waals surface area contributed by atoms with Gasteiger partial charge in [0.25, 0.3) is 0 Å². The van der Waals surface area contributed by atoms with Crippen molar-refractivity contribution in [3.8, 4) is 5.75 Å². The van der Waals surface area contributed by atoms with Gasteiger partial charge in [0.1, 0.15) is 18.2 Å². The van der Waals surface area contributed by atoms with Gasteiger partial charge < -0.3 is 19.5 Å². The smallest absolute Gasteiger partial charge is 0.160 e. The lowest BCUT2D eigenvalue weighted by molar-refractivity contribution is -0.126. The van der Waals surface area contributed by atoms with Gasteiger partial charge in [-0.25, -0.2) is 4.39 Å². The standard InChI is InChI=1S/C20H32FNO4/c1-15(2)20(23)14-25-11-5-9-24-10-6-12-26-17-7-8-19(18(21)13-17)22-16(3)4/h7-8,13,15-16,22H,5-6,9-12,14H2,1-4H3. The monoisotopic (exact) mass is 369 g/mol. The van der Waals surface area contributed by atoms with Crippen molar-refractivity contribution in [3.63, 3.8) is 0 Å². The topological polar surface area (TPSA) is 56.8 Å². The quantitative estimate of drug-likeness (QED) is 0.501. The summed E-state index contributed by atoms with van der Waals surface area (Å²) in [5.74, 6) is 0.332. The summed E-state index contributed by atoms with van der Waals surface area (Å²) in [5, 5.41) is 3.04. The van der Waals surface area contributed by atoms with E-state index in [1.165, 1.54) is 6.07 Å². The van der Waals surface area contributed by atoms with Crippen molar-refractivity contribution < 1.29 is 23.4 Å². The zero-order valence-electron chi connectivity index (χ0n) is 16.3. The molecule has 0 aliphatic rings. The van der Waals surface area contributed by atoms with E-state index in [9.17, 15) is 9.18 Å². The zero-order valence-corrected chi connectivity index (χ0v) is 16.3. The number of hydrogen-bond donors (Lipinski definition) is 1. The number of ether oxygens (including phenoxy) is 3. The van der Waals surface area contributed by atoms with Gasteiger partial charge in [0.05, 0.1) is 12.3 Å². The van der Waals surface area contributed by atoms with Crippen LogP contribution in [0.5, 0.6) is 5.75 Å². The second kappa shape index (κ2) is 12.7. The fourth-order valence-electron chi connectivity index (χ4n) is 2.07. The molecule has 26 heavy (non-hydrogen) atoms. The number of anilines is 1.